The number of carbonyl (C=O) groups excluding carboxylic acids is 2. The summed E-state index contributed by atoms with van der Waals surface area (Å²) in [5.41, 5.74) is 3.03. The summed E-state index contributed by atoms with van der Waals surface area (Å²) < 4.78 is 5.29. The fourth-order valence-corrected chi connectivity index (χ4v) is 2.61. The molecule has 0 fully saturated rings. The Bertz CT molecular complexity index is 632. The minimum Gasteiger partial charge on any atom is -0.504 e. The highest BCUT2D eigenvalue weighted by Gasteiger charge is 2.05. The van der Waals surface area contributed by atoms with E-state index in [-0.39, 0.29) is 18.2 Å². The molecule has 0 unspecified atom stereocenters. The van der Waals surface area contributed by atoms with E-state index in [4.69, 9.17) is 4.74 Å². The first-order chi connectivity index (χ1) is 13.6. The van der Waals surface area contributed by atoms with Crippen LogP contribution in [0.1, 0.15) is 70.8 Å². The maximum atomic E-state index is 11.7. The molecule has 0 aliphatic rings. The second kappa shape index (κ2) is 14.5. The first kappa shape index (κ1) is 23.5. The number of hydrogen-bond donors (Lipinski definition) is 3. The molecule has 0 aromatic heterocycles. The second-order valence-electron chi connectivity index (χ2n) is 6.60. The third kappa shape index (κ3) is 10.5. The molecule has 7 nitrogen and oxygen atoms in total. The van der Waals surface area contributed by atoms with E-state index in [2.05, 4.69) is 22.8 Å². The molecule has 0 spiro atoms. The molecular weight excluding hydrogens is 358 g/mol. The Morgan fingerprint density at radius 3 is 2.50 bits per heavy atom. The third-order valence-corrected chi connectivity index (χ3v) is 4.14. The zero-order valence-electron chi connectivity index (χ0n) is 17.0. The van der Waals surface area contributed by atoms with Gasteiger partial charge in [0.2, 0.25) is 5.91 Å². The van der Waals surface area contributed by atoms with Gasteiger partial charge in [-0.05, 0) is 37.1 Å². The predicted octanol–water partition coefficient (Wildman–Crippen LogP) is 3.50. The summed E-state index contributed by atoms with van der Waals surface area (Å²) >= 11 is 0. The topological polar surface area (TPSA) is 100 Å². The van der Waals surface area contributed by atoms with E-state index in [1.807, 2.05) is 6.92 Å². The Morgan fingerprint density at radius 2 is 1.79 bits per heavy atom. The number of nitrogens with zero attached hydrogens (tertiary/aromatic N) is 1. The van der Waals surface area contributed by atoms with E-state index < -0.39 is 5.91 Å². The van der Waals surface area contributed by atoms with Crippen LogP contribution in [-0.2, 0) is 9.59 Å². The number of amides is 2. The van der Waals surface area contributed by atoms with E-state index in [0.29, 0.717) is 24.3 Å². The number of ether oxygens (including phenoxy) is 1. The van der Waals surface area contributed by atoms with Crippen LogP contribution in [0.25, 0.3) is 0 Å². The average molecular weight is 392 g/mol. The molecule has 1 aromatic rings. The van der Waals surface area contributed by atoms with E-state index in [9.17, 15) is 14.7 Å². The Labute approximate surface area is 167 Å². The highest BCUT2D eigenvalue weighted by atomic mass is 16.5. The Hall–Kier alpha value is -2.57. The summed E-state index contributed by atoms with van der Waals surface area (Å²) in [5, 5.41) is 16.1. The van der Waals surface area contributed by atoms with Gasteiger partial charge < -0.3 is 15.2 Å². The SMILES string of the molecule is CCCCCCCCCC(=O)NCC(=O)N/N=C/c1ccc(O)c(OCC)c1. The van der Waals surface area contributed by atoms with Crippen molar-refractivity contribution in [1.29, 1.82) is 0 Å². The van der Waals surface area contributed by atoms with Crippen molar-refractivity contribution in [3.63, 3.8) is 0 Å². The van der Waals surface area contributed by atoms with E-state index in [0.717, 1.165) is 19.3 Å². The molecule has 28 heavy (non-hydrogen) atoms. The van der Waals surface area contributed by atoms with Gasteiger partial charge in [-0.2, -0.15) is 5.10 Å². The minimum atomic E-state index is -0.395. The lowest BCUT2D eigenvalue weighted by molar-refractivity contribution is -0.126. The average Bonchev–Trinajstić information content (AvgIpc) is 2.68. The normalized spacial score (nSPS) is 10.8. The summed E-state index contributed by atoms with van der Waals surface area (Å²) in [7, 11) is 0. The van der Waals surface area contributed by atoms with Crippen LogP contribution in [0.4, 0.5) is 0 Å². The summed E-state index contributed by atoms with van der Waals surface area (Å²) in [6.07, 6.45) is 9.94. The molecule has 1 aromatic carbocycles. The van der Waals surface area contributed by atoms with Crippen LogP contribution in [0.3, 0.4) is 0 Å². The first-order valence-electron chi connectivity index (χ1n) is 10.1. The lowest BCUT2D eigenvalue weighted by Gasteiger charge is -2.06. The second-order valence-corrected chi connectivity index (χ2v) is 6.60. The van der Waals surface area contributed by atoms with Crippen LogP contribution in [0.15, 0.2) is 23.3 Å². The number of hydrazone groups is 1. The van der Waals surface area contributed by atoms with Crippen molar-refractivity contribution >= 4 is 18.0 Å². The van der Waals surface area contributed by atoms with Crippen molar-refractivity contribution in [2.45, 2.75) is 65.2 Å². The summed E-state index contributed by atoms with van der Waals surface area (Å²) in [5.74, 6) is -0.109. The van der Waals surface area contributed by atoms with Gasteiger partial charge in [-0.3, -0.25) is 9.59 Å². The maximum Gasteiger partial charge on any atom is 0.259 e. The summed E-state index contributed by atoms with van der Waals surface area (Å²) in [6.45, 7) is 4.34. The minimum absolute atomic E-state index is 0.0479. The quantitative estimate of drug-likeness (QED) is 0.257. The van der Waals surface area contributed by atoms with Gasteiger partial charge in [0.25, 0.3) is 5.91 Å². The number of phenolic OH excluding ortho intramolecular Hbond substituents is 1. The lowest BCUT2D eigenvalue weighted by atomic mass is 10.1. The molecule has 1 rings (SSSR count). The molecule has 2 amide bonds. The molecule has 3 N–H and O–H groups in total. The van der Waals surface area contributed by atoms with Gasteiger partial charge >= 0.3 is 0 Å². The van der Waals surface area contributed by atoms with Crippen LogP contribution in [0.2, 0.25) is 0 Å². The Kier molecular flexibility index (Phi) is 12.1. The molecule has 0 bridgehead atoms. The molecule has 0 aliphatic carbocycles. The van der Waals surface area contributed by atoms with Crippen molar-refractivity contribution in [1.82, 2.24) is 10.7 Å². The van der Waals surface area contributed by atoms with Gasteiger partial charge in [0.15, 0.2) is 11.5 Å². The predicted molar refractivity (Wildman–Crippen MR) is 111 cm³/mol. The highest BCUT2D eigenvalue weighted by molar-refractivity contribution is 5.86. The zero-order chi connectivity index (χ0) is 20.6. The van der Waals surface area contributed by atoms with Gasteiger partial charge in [-0.15, -0.1) is 0 Å². The number of nitrogens with one attached hydrogen (secondary N) is 2. The number of carbonyl (C=O) groups is 2. The molecule has 0 atom stereocenters. The molecule has 0 saturated carbocycles. The van der Waals surface area contributed by atoms with Crippen molar-refractivity contribution in [2.75, 3.05) is 13.2 Å². The Morgan fingerprint density at radius 1 is 1.07 bits per heavy atom. The molecule has 7 heteroatoms. The highest BCUT2D eigenvalue weighted by Crippen LogP contribution is 2.26. The number of unbranched alkanes of at least 4 members (excludes halogenated alkanes) is 6. The van der Waals surface area contributed by atoms with Gasteiger partial charge in [-0.25, -0.2) is 5.43 Å². The smallest absolute Gasteiger partial charge is 0.259 e. The molecular formula is C21H33N3O4. The zero-order valence-corrected chi connectivity index (χ0v) is 17.0. The van der Waals surface area contributed by atoms with E-state index in [1.165, 1.54) is 38.0 Å². The number of rotatable bonds is 14. The first-order valence-corrected chi connectivity index (χ1v) is 10.1. The summed E-state index contributed by atoms with van der Waals surface area (Å²) in [6, 6.07) is 4.77. The van der Waals surface area contributed by atoms with Crippen LogP contribution in [-0.4, -0.2) is 36.3 Å². The number of benzene rings is 1. The fraction of sp³-hybridized carbons (Fsp3) is 0.571. The number of hydrogen-bond acceptors (Lipinski definition) is 5. The third-order valence-electron chi connectivity index (χ3n) is 4.14. The van der Waals surface area contributed by atoms with Crippen molar-refractivity contribution in [3.05, 3.63) is 23.8 Å². The Balaban J connectivity index is 2.20. The van der Waals surface area contributed by atoms with Gasteiger partial charge in [0, 0.05) is 6.42 Å². The van der Waals surface area contributed by atoms with Crippen LogP contribution in [0.5, 0.6) is 11.5 Å². The van der Waals surface area contributed by atoms with Crippen LogP contribution in [0, 0.1) is 0 Å². The number of aromatic hydroxyl groups is 1. The van der Waals surface area contributed by atoms with Gasteiger partial charge in [0.05, 0.1) is 19.4 Å². The van der Waals surface area contributed by atoms with Gasteiger partial charge in [0.1, 0.15) is 0 Å². The largest absolute Gasteiger partial charge is 0.504 e. The van der Waals surface area contributed by atoms with Crippen molar-refractivity contribution in [2.24, 2.45) is 5.10 Å². The van der Waals surface area contributed by atoms with Crippen molar-refractivity contribution in [3.8, 4) is 11.5 Å². The molecule has 0 heterocycles. The lowest BCUT2D eigenvalue weighted by Crippen LogP contribution is -2.34. The standard InChI is InChI=1S/C21H33N3O4/c1-3-5-6-7-8-9-10-11-20(26)22-16-21(27)24-23-15-17-12-13-18(25)19(14-17)28-4-2/h12-15,25H,3-11,16H2,1-2H3,(H,22,26)(H,24,27)/b23-15+. The summed E-state index contributed by atoms with van der Waals surface area (Å²) in [4.78, 5) is 23.5. The fourth-order valence-electron chi connectivity index (χ4n) is 2.61. The molecule has 156 valence electrons. The maximum absolute atomic E-state index is 11.7. The molecule has 0 radical (unpaired) electrons. The number of phenols is 1. The molecule has 0 saturated heterocycles. The van der Waals surface area contributed by atoms with Crippen molar-refractivity contribution < 1.29 is 19.4 Å². The molecule has 0 aliphatic heterocycles. The van der Waals surface area contributed by atoms with E-state index >= 15 is 0 Å². The van der Waals surface area contributed by atoms with Crippen LogP contribution < -0.4 is 15.5 Å². The monoisotopic (exact) mass is 391 g/mol. The van der Waals surface area contributed by atoms with E-state index in [1.54, 1.807) is 12.1 Å². The van der Waals surface area contributed by atoms with Crippen LogP contribution >= 0.6 is 0 Å². The van der Waals surface area contributed by atoms with Gasteiger partial charge in [-0.1, -0.05) is 45.4 Å².